The van der Waals surface area contributed by atoms with E-state index in [1.165, 1.54) is 23.1 Å². The van der Waals surface area contributed by atoms with Crippen LogP contribution < -0.4 is 9.62 Å². The Bertz CT molecular complexity index is 1450. The molecule has 0 heterocycles. The van der Waals surface area contributed by atoms with Crippen LogP contribution in [0.25, 0.3) is 0 Å². The number of halogens is 3. The predicted molar refractivity (Wildman–Crippen MR) is 157 cm³/mol. The summed E-state index contributed by atoms with van der Waals surface area (Å²) in [5, 5.41) is 3.77. The Morgan fingerprint density at radius 3 is 2.18 bits per heavy atom. The molecule has 0 aliphatic rings. The standard InChI is InChI=1S/C28H30Cl3N3O4S/c1-18(2)32-28(36)20(4)33(16-21-11-13-24(30)25(31)14-21)27(35)17-34(26-15-22(29)12-10-19(26)3)39(37,38)23-8-6-5-7-9-23/h5-15,18,20H,16-17H2,1-4H3,(H,32,36). The summed E-state index contributed by atoms with van der Waals surface area (Å²) in [5.74, 6) is -0.971. The number of amides is 2. The van der Waals surface area contributed by atoms with Gasteiger partial charge in [-0.3, -0.25) is 13.9 Å². The fraction of sp³-hybridized carbons (Fsp3) is 0.286. The Kier molecular flexibility index (Phi) is 10.3. The van der Waals surface area contributed by atoms with E-state index in [0.717, 1.165) is 4.31 Å². The summed E-state index contributed by atoms with van der Waals surface area (Å²) < 4.78 is 28.7. The number of hydrogen-bond acceptors (Lipinski definition) is 4. The summed E-state index contributed by atoms with van der Waals surface area (Å²) in [6.45, 7) is 6.37. The number of carbonyl (C=O) groups is 2. The first-order valence-electron chi connectivity index (χ1n) is 12.2. The molecule has 3 rings (SSSR count). The predicted octanol–water partition coefficient (Wildman–Crippen LogP) is 6.09. The molecule has 0 spiro atoms. The second kappa shape index (κ2) is 13.0. The Morgan fingerprint density at radius 2 is 1.56 bits per heavy atom. The highest BCUT2D eigenvalue weighted by molar-refractivity contribution is 7.92. The van der Waals surface area contributed by atoms with E-state index < -0.39 is 28.5 Å². The van der Waals surface area contributed by atoms with Crippen molar-refractivity contribution in [3.8, 4) is 0 Å². The number of anilines is 1. The number of nitrogens with one attached hydrogen (secondary N) is 1. The normalized spacial score (nSPS) is 12.2. The van der Waals surface area contributed by atoms with Gasteiger partial charge in [-0.2, -0.15) is 0 Å². The molecular weight excluding hydrogens is 581 g/mol. The van der Waals surface area contributed by atoms with Crippen molar-refractivity contribution in [3.05, 3.63) is 92.9 Å². The van der Waals surface area contributed by atoms with Crippen molar-refractivity contribution in [3.63, 3.8) is 0 Å². The monoisotopic (exact) mass is 609 g/mol. The van der Waals surface area contributed by atoms with E-state index in [-0.39, 0.29) is 29.1 Å². The van der Waals surface area contributed by atoms with Gasteiger partial charge in [0.25, 0.3) is 10.0 Å². The first-order chi connectivity index (χ1) is 18.3. The van der Waals surface area contributed by atoms with Crippen LogP contribution in [0.4, 0.5) is 5.69 Å². The highest BCUT2D eigenvalue weighted by Gasteiger charge is 2.33. The minimum absolute atomic E-state index is 0.00381. The van der Waals surface area contributed by atoms with Crippen molar-refractivity contribution in [2.75, 3.05) is 10.8 Å². The third-order valence-electron chi connectivity index (χ3n) is 5.99. The number of carbonyl (C=O) groups excluding carboxylic acids is 2. The average Bonchev–Trinajstić information content (AvgIpc) is 2.89. The molecule has 7 nitrogen and oxygen atoms in total. The molecule has 0 saturated heterocycles. The van der Waals surface area contributed by atoms with Crippen molar-refractivity contribution >= 4 is 62.3 Å². The summed E-state index contributed by atoms with van der Waals surface area (Å²) in [7, 11) is -4.18. The second-order valence-corrected chi connectivity index (χ2v) is 12.5. The lowest BCUT2D eigenvalue weighted by molar-refractivity contribution is -0.139. The Hall–Kier alpha value is -2.78. The summed E-state index contributed by atoms with van der Waals surface area (Å²) >= 11 is 18.5. The van der Waals surface area contributed by atoms with Crippen molar-refractivity contribution in [1.29, 1.82) is 0 Å². The molecule has 1 unspecified atom stereocenters. The molecular formula is C28H30Cl3N3O4S. The molecule has 0 bridgehead atoms. The summed E-state index contributed by atoms with van der Waals surface area (Å²) in [6.07, 6.45) is 0. The number of rotatable bonds is 10. The lowest BCUT2D eigenvalue weighted by Gasteiger charge is -2.32. The number of sulfonamides is 1. The van der Waals surface area contributed by atoms with Gasteiger partial charge in [-0.15, -0.1) is 0 Å². The lowest BCUT2D eigenvalue weighted by Crippen LogP contribution is -2.52. The van der Waals surface area contributed by atoms with Gasteiger partial charge in [0, 0.05) is 17.6 Å². The molecule has 208 valence electrons. The zero-order valence-corrected chi connectivity index (χ0v) is 25.1. The third kappa shape index (κ3) is 7.66. The van der Waals surface area contributed by atoms with Gasteiger partial charge in [0.05, 0.1) is 20.6 Å². The van der Waals surface area contributed by atoms with E-state index in [9.17, 15) is 18.0 Å². The molecule has 0 aromatic heterocycles. The fourth-order valence-corrected chi connectivity index (χ4v) is 5.89. The highest BCUT2D eigenvalue weighted by Crippen LogP contribution is 2.30. The molecule has 1 atom stereocenters. The zero-order chi connectivity index (χ0) is 28.9. The Morgan fingerprint density at radius 1 is 0.897 bits per heavy atom. The maximum atomic E-state index is 13.9. The van der Waals surface area contributed by atoms with Gasteiger partial charge in [0.2, 0.25) is 11.8 Å². The number of hydrogen-bond donors (Lipinski definition) is 1. The molecule has 0 aliphatic heterocycles. The minimum Gasteiger partial charge on any atom is -0.352 e. The van der Waals surface area contributed by atoms with Crippen LogP contribution >= 0.6 is 34.8 Å². The fourth-order valence-electron chi connectivity index (χ4n) is 3.91. The van der Waals surface area contributed by atoms with Crippen molar-refractivity contribution in [1.82, 2.24) is 10.2 Å². The molecule has 3 aromatic rings. The molecule has 0 saturated carbocycles. The summed E-state index contributed by atoms with van der Waals surface area (Å²) in [4.78, 5) is 28.3. The average molecular weight is 611 g/mol. The first kappa shape index (κ1) is 30.8. The van der Waals surface area contributed by atoms with Gasteiger partial charge in [-0.05, 0) is 75.2 Å². The van der Waals surface area contributed by atoms with Crippen LogP contribution in [0, 0.1) is 6.92 Å². The van der Waals surface area contributed by atoms with E-state index >= 15 is 0 Å². The maximum absolute atomic E-state index is 13.9. The van der Waals surface area contributed by atoms with E-state index in [1.807, 2.05) is 13.8 Å². The van der Waals surface area contributed by atoms with E-state index in [2.05, 4.69) is 5.32 Å². The molecule has 3 aromatic carbocycles. The summed E-state index contributed by atoms with van der Waals surface area (Å²) in [5.41, 5.74) is 1.49. The molecule has 0 radical (unpaired) electrons. The Labute approximate surface area is 244 Å². The van der Waals surface area contributed by atoms with Crippen molar-refractivity contribution < 1.29 is 18.0 Å². The van der Waals surface area contributed by atoms with Gasteiger partial charge >= 0.3 is 0 Å². The molecule has 11 heteroatoms. The molecule has 0 fully saturated rings. The van der Waals surface area contributed by atoms with Gasteiger partial charge in [0.15, 0.2) is 0 Å². The SMILES string of the molecule is Cc1ccc(Cl)cc1N(CC(=O)N(Cc1ccc(Cl)c(Cl)c1)C(C)C(=O)NC(C)C)S(=O)(=O)c1ccccc1. The van der Waals surface area contributed by atoms with Crippen LogP contribution in [-0.2, 0) is 26.2 Å². The zero-order valence-electron chi connectivity index (χ0n) is 22.0. The van der Waals surface area contributed by atoms with Gasteiger partial charge in [-0.25, -0.2) is 8.42 Å². The van der Waals surface area contributed by atoms with E-state index in [1.54, 1.807) is 62.4 Å². The molecule has 1 N–H and O–H groups in total. The number of nitrogens with zero attached hydrogens (tertiary/aromatic N) is 2. The molecule has 39 heavy (non-hydrogen) atoms. The third-order valence-corrected chi connectivity index (χ3v) is 8.73. The minimum atomic E-state index is -4.18. The van der Waals surface area contributed by atoms with Crippen LogP contribution in [0.15, 0.2) is 71.6 Å². The topological polar surface area (TPSA) is 86.8 Å². The quantitative estimate of drug-likeness (QED) is 0.301. The Balaban J connectivity index is 2.07. The van der Waals surface area contributed by atoms with Crippen LogP contribution in [0.3, 0.4) is 0 Å². The second-order valence-electron chi connectivity index (χ2n) is 9.36. The number of benzene rings is 3. The molecule has 2 amide bonds. The van der Waals surface area contributed by atoms with Crippen LogP contribution in [-0.4, -0.2) is 43.8 Å². The van der Waals surface area contributed by atoms with Crippen LogP contribution in [0.1, 0.15) is 31.9 Å². The van der Waals surface area contributed by atoms with E-state index in [0.29, 0.717) is 26.2 Å². The highest BCUT2D eigenvalue weighted by atomic mass is 35.5. The van der Waals surface area contributed by atoms with Crippen molar-refractivity contribution in [2.24, 2.45) is 0 Å². The first-order valence-corrected chi connectivity index (χ1v) is 14.8. The largest absolute Gasteiger partial charge is 0.352 e. The lowest BCUT2D eigenvalue weighted by atomic mass is 10.1. The van der Waals surface area contributed by atoms with Crippen LogP contribution in [0.2, 0.25) is 15.1 Å². The van der Waals surface area contributed by atoms with Crippen LogP contribution in [0.5, 0.6) is 0 Å². The number of aryl methyl sites for hydroxylation is 1. The van der Waals surface area contributed by atoms with Gasteiger partial charge in [-0.1, -0.05) is 65.1 Å². The van der Waals surface area contributed by atoms with Gasteiger partial charge < -0.3 is 10.2 Å². The van der Waals surface area contributed by atoms with Gasteiger partial charge in [0.1, 0.15) is 12.6 Å². The maximum Gasteiger partial charge on any atom is 0.264 e. The summed E-state index contributed by atoms with van der Waals surface area (Å²) in [6, 6.07) is 16.5. The smallest absolute Gasteiger partial charge is 0.264 e. The molecule has 0 aliphatic carbocycles. The van der Waals surface area contributed by atoms with Crippen molar-refractivity contribution in [2.45, 2.75) is 51.2 Å². The van der Waals surface area contributed by atoms with E-state index in [4.69, 9.17) is 34.8 Å².